The fraction of sp³-hybridized carbons (Fsp3) is 0.500. The summed E-state index contributed by atoms with van der Waals surface area (Å²) in [4.78, 5) is 37.4. The molecule has 3 amide bonds. The lowest BCUT2D eigenvalue weighted by Crippen LogP contribution is -2.47. The van der Waals surface area contributed by atoms with Gasteiger partial charge in [0.25, 0.3) is 5.91 Å². The number of amides is 3. The van der Waals surface area contributed by atoms with Gasteiger partial charge in [-0.25, -0.2) is 4.79 Å². The fourth-order valence-electron chi connectivity index (χ4n) is 2.92. The quantitative estimate of drug-likeness (QED) is 0.779. The van der Waals surface area contributed by atoms with Gasteiger partial charge in [-0.1, -0.05) is 6.07 Å². The molecule has 0 aromatic heterocycles. The smallest absolute Gasteiger partial charge is 0.319 e. The summed E-state index contributed by atoms with van der Waals surface area (Å²) in [5.74, 6) is -1.62. The van der Waals surface area contributed by atoms with Crippen molar-refractivity contribution in [2.75, 3.05) is 11.9 Å². The maximum atomic E-state index is 12.8. The Hall–Kier alpha value is -2.57. The van der Waals surface area contributed by atoms with Gasteiger partial charge in [0.2, 0.25) is 0 Å². The van der Waals surface area contributed by atoms with Crippen LogP contribution in [0.3, 0.4) is 0 Å². The number of carboxylic acids is 1. The Morgan fingerprint density at radius 2 is 1.96 bits per heavy atom. The van der Waals surface area contributed by atoms with Crippen molar-refractivity contribution in [3.8, 4) is 0 Å². The van der Waals surface area contributed by atoms with E-state index in [1.54, 1.807) is 29.2 Å². The molecule has 1 aliphatic rings. The van der Waals surface area contributed by atoms with Crippen LogP contribution in [0.5, 0.6) is 0 Å². The van der Waals surface area contributed by atoms with E-state index < -0.39 is 11.9 Å². The normalized spacial score (nSPS) is 20.2. The largest absolute Gasteiger partial charge is 0.481 e. The predicted octanol–water partition coefficient (Wildman–Crippen LogP) is 2.54. The number of nitrogens with zero attached hydrogens (tertiary/aromatic N) is 1. The van der Waals surface area contributed by atoms with Gasteiger partial charge in [0.05, 0.1) is 5.92 Å². The van der Waals surface area contributed by atoms with Crippen LogP contribution in [0.25, 0.3) is 0 Å². The van der Waals surface area contributed by atoms with Gasteiger partial charge in [-0.2, -0.15) is 0 Å². The number of hydrogen-bond donors (Lipinski definition) is 3. The molecule has 0 bridgehead atoms. The lowest BCUT2D eigenvalue weighted by Gasteiger charge is -2.36. The zero-order valence-corrected chi connectivity index (χ0v) is 14.8. The van der Waals surface area contributed by atoms with E-state index in [1.165, 1.54) is 0 Å². The molecule has 0 saturated carbocycles. The van der Waals surface area contributed by atoms with Gasteiger partial charge in [0.15, 0.2) is 0 Å². The molecular weight excluding hydrogens is 322 g/mol. The van der Waals surface area contributed by atoms with Crippen LogP contribution >= 0.6 is 0 Å². The minimum atomic E-state index is -0.870. The van der Waals surface area contributed by atoms with Crippen LogP contribution in [0.2, 0.25) is 0 Å². The molecule has 25 heavy (non-hydrogen) atoms. The number of hydrogen-bond acceptors (Lipinski definition) is 3. The predicted molar refractivity (Wildman–Crippen MR) is 94.6 cm³/mol. The first kappa shape index (κ1) is 18.8. The van der Waals surface area contributed by atoms with Crippen molar-refractivity contribution < 1.29 is 19.5 Å². The van der Waals surface area contributed by atoms with Gasteiger partial charge >= 0.3 is 12.0 Å². The Balaban J connectivity index is 2.12. The summed E-state index contributed by atoms with van der Waals surface area (Å²) in [6, 6.07) is 6.34. The van der Waals surface area contributed by atoms with Crippen LogP contribution in [0, 0.1) is 5.92 Å². The van der Waals surface area contributed by atoms with E-state index >= 15 is 0 Å². The molecule has 7 heteroatoms. The minimum absolute atomic E-state index is 0.00645. The SMILES string of the molecule is CC(C)NC(=O)Nc1cccc(C(=O)N2CC(C(=O)O)CCC2C)c1. The van der Waals surface area contributed by atoms with Gasteiger partial charge in [-0.05, 0) is 51.8 Å². The highest BCUT2D eigenvalue weighted by Crippen LogP contribution is 2.24. The van der Waals surface area contributed by atoms with Gasteiger partial charge in [-0.15, -0.1) is 0 Å². The lowest BCUT2D eigenvalue weighted by molar-refractivity contribution is -0.143. The highest BCUT2D eigenvalue weighted by molar-refractivity contribution is 5.97. The van der Waals surface area contributed by atoms with Crippen LogP contribution < -0.4 is 10.6 Å². The number of anilines is 1. The number of benzene rings is 1. The maximum absolute atomic E-state index is 12.8. The highest BCUT2D eigenvalue weighted by atomic mass is 16.4. The summed E-state index contributed by atoms with van der Waals surface area (Å²) < 4.78 is 0. The zero-order chi connectivity index (χ0) is 18.6. The van der Waals surface area contributed by atoms with Crippen molar-refractivity contribution in [2.45, 2.75) is 45.7 Å². The number of carbonyl (C=O) groups excluding carboxylic acids is 2. The average molecular weight is 347 g/mol. The van der Waals surface area contributed by atoms with E-state index in [4.69, 9.17) is 0 Å². The summed E-state index contributed by atoms with van der Waals surface area (Å²) in [5, 5.41) is 14.6. The van der Waals surface area contributed by atoms with Crippen molar-refractivity contribution in [3.05, 3.63) is 29.8 Å². The van der Waals surface area contributed by atoms with Crippen molar-refractivity contribution in [1.82, 2.24) is 10.2 Å². The second kappa shape index (κ2) is 8.00. The third-order valence-electron chi connectivity index (χ3n) is 4.28. The molecule has 1 aromatic rings. The van der Waals surface area contributed by atoms with E-state index in [0.717, 1.165) is 0 Å². The zero-order valence-electron chi connectivity index (χ0n) is 14.8. The molecule has 0 aliphatic carbocycles. The number of nitrogens with one attached hydrogen (secondary N) is 2. The van der Waals surface area contributed by atoms with E-state index in [9.17, 15) is 19.5 Å². The number of urea groups is 1. The molecule has 136 valence electrons. The molecule has 0 radical (unpaired) electrons. The molecule has 1 aromatic carbocycles. The molecule has 3 N–H and O–H groups in total. The maximum Gasteiger partial charge on any atom is 0.319 e. The molecular formula is C18H25N3O4. The topological polar surface area (TPSA) is 98.7 Å². The van der Waals surface area contributed by atoms with Gasteiger partial charge in [0.1, 0.15) is 0 Å². The van der Waals surface area contributed by atoms with Crippen LogP contribution in [0.15, 0.2) is 24.3 Å². The molecule has 0 spiro atoms. The summed E-state index contributed by atoms with van der Waals surface area (Å²) in [6.45, 7) is 5.85. The average Bonchev–Trinajstić information content (AvgIpc) is 2.53. The Labute approximate surface area is 147 Å². The van der Waals surface area contributed by atoms with E-state index in [1.807, 2.05) is 20.8 Å². The highest BCUT2D eigenvalue weighted by Gasteiger charge is 2.33. The van der Waals surface area contributed by atoms with Crippen molar-refractivity contribution in [2.24, 2.45) is 5.92 Å². The lowest BCUT2D eigenvalue weighted by atomic mass is 9.93. The summed E-state index contributed by atoms with van der Waals surface area (Å²) in [7, 11) is 0. The Bertz CT molecular complexity index is 659. The van der Waals surface area contributed by atoms with Gasteiger partial charge in [-0.3, -0.25) is 9.59 Å². The molecule has 2 atom stereocenters. The first-order valence-corrected chi connectivity index (χ1v) is 8.49. The Kier molecular flexibility index (Phi) is 6.01. The Morgan fingerprint density at radius 3 is 2.60 bits per heavy atom. The molecule has 1 aliphatic heterocycles. The number of likely N-dealkylation sites (tertiary alicyclic amines) is 1. The Morgan fingerprint density at radius 1 is 1.24 bits per heavy atom. The second-order valence-corrected chi connectivity index (χ2v) is 6.75. The van der Waals surface area contributed by atoms with Crippen molar-refractivity contribution in [3.63, 3.8) is 0 Å². The van der Waals surface area contributed by atoms with Crippen LogP contribution in [0.1, 0.15) is 44.0 Å². The van der Waals surface area contributed by atoms with E-state index in [-0.39, 0.29) is 30.6 Å². The number of piperidine rings is 1. The number of carboxylic acid groups (broad SMARTS) is 1. The monoisotopic (exact) mass is 347 g/mol. The molecule has 1 saturated heterocycles. The summed E-state index contributed by atoms with van der Waals surface area (Å²) >= 11 is 0. The van der Waals surface area contributed by atoms with Gasteiger partial charge in [0, 0.05) is 29.9 Å². The standard InChI is InChI=1S/C18H25N3O4/c1-11(2)19-18(25)20-15-6-4-5-13(9-15)16(22)21-10-14(17(23)24)8-7-12(21)3/h4-6,9,11-12,14H,7-8,10H2,1-3H3,(H,23,24)(H2,19,20,25). The molecule has 2 rings (SSSR count). The van der Waals surface area contributed by atoms with Crippen LogP contribution in [-0.2, 0) is 4.79 Å². The summed E-state index contributed by atoms with van der Waals surface area (Å²) in [5.41, 5.74) is 0.948. The van der Waals surface area contributed by atoms with Crippen LogP contribution in [0.4, 0.5) is 10.5 Å². The van der Waals surface area contributed by atoms with Crippen LogP contribution in [-0.4, -0.2) is 46.5 Å². The first-order valence-electron chi connectivity index (χ1n) is 8.49. The molecule has 2 unspecified atom stereocenters. The van der Waals surface area contributed by atoms with E-state index in [2.05, 4.69) is 10.6 Å². The van der Waals surface area contributed by atoms with Crippen molar-refractivity contribution >= 4 is 23.6 Å². The molecule has 1 heterocycles. The number of carbonyl (C=O) groups is 3. The fourth-order valence-corrected chi connectivity index (χ4v) is 2.92. The van der Waals surface area contributed by atoms with E-state index in [0.29, 0.717) is 24.1 Å². The molecule has 7 nitrogen and oxygen atoms in total. The molecule has 1 fully saturated rings. The second-order valence-electron chi connectivity index (χ2n) is 6.75. The number of aliphatic carboxylic acids is 1. The minimum Gasteiger partial charge on any atom is -0.481 e. The first-order chi connectivity index (χ1) is 11.8. The summed E-state index contributed by atoms with van der Waals surface area (Å²) in [6.07, 6.45) is 1.24. The number of rotatable bonds is 4. The third kappa shape index (κ3) is 4.95. The van der Waals surface area contributed by atoms with Gasteiger partial charge < -0.3 is 20.6 Å². The van der Waals surface area contributed by atoms with Crippen molar-refractivity contribution in [1.29, 1.82) is 0 Å². The third-order valence-corrected chi connectivity index (χ3v) is 4.28.